The number of alkyl carbamates (subject to hydrolysis) is 1. The Kier molecular flexibility index (Phi) is 61.0. The van der Waals surface area contributed by atoms with Crippen molar-refractivity contribution in [2.24, 2.45) is 41.4 Å². The van der Waals surface area contributed by atoms with Crippen molar-refractivity contribution < 1.29 is 150 Å². The van der Waals surface area contributed by atoms with Crippen LogP contribution in [0.3, 0.4) is 0 Å². The first-order valence-electron chi connectivity index (χ1n) is 52.0. The second-order valence-electron chi connectivity index (χ2n) is 43.0. The van der Waals surface area contributed by atoms with Crippen LogP contribution in [-0.4, -0.2) is 228 Å². The standard InChI is InChI=1S/C22H33NO3Si.C16H19NO3.C16H30O3Si.C13H25NO3.C12H26O2Si.C8H14O3.C8H12O3.C5H8O2.C4H8O.2C2H4O2.Hg/c1-22(2,3)27(4,5)26-19-14-8-10-16(19)11-9-15-23-20(24)17-12-6-7-13-18(17)21(23)25;18-14-9-3-5-11(14)6-4-10-17-15(19)12-7-1-2-8-13(12)16(17)20;1-7-18-15(17)12-11-13-9-8-10-14(13)19-20(5,6)16(2,3)4;1-13(2,3)17-12(16)14-9-5-7-10-6-4-8-11(10)15;1-12(2,3)15(4,5)14-11-8-6-7-10(11)9-13;2*1-2-11-8(10)6-4-3-5-7(6)9;1-3-5(6)7-4-2;1-3-5-4-2;2*1-2(3)4;/h6-7,12-13,16,19H,8-11,14-15H2,1-5H3;1-2,7-8,11,14,18H,3-6,9-10H2;11-14H,7-10H2,1-6H3;10-11,15H,4-9H2,1-3H3,(H,14,16);10-11,13H,6-9H2,1-5H3;6-7,9H,2-5H2,1H3;6H,2-5H2,1H3;3H,1,4H2,2H3;3H,1,4H2,2H3;2*1H3,(H,3,4);/q;;;;;;;;;;;+2/p-2/b;;12-11+;;;;;;;;;/t16-,19-;11-,14-;13-,14-;2*10-,11-;6-,7+;;;;;;/m000001....../s1. The Labute approximate surface area is 866 Å². The van der Waals surface area contributed by atoms with E-state index in [4.69, 9.17) is 32.2 Å². The largest absolute Gasteiger partial charge is 0.466 e. The summed E-state index contributed by atoms with van der Waals surface area (Å²) in [5.74, 6) is -1.16. The summed E-state index contributed by atoms with van der Waals surface area (Å²) in [6.07, 6.45) is 32.5. The molecule has 0 bridgehead atoms. The second-order valence-corrected chi connectivity index (χ2v) is 60.4. The molecule has 2 heterocycles. The van der Waals surface area contributed by atoms with Crippen molar-refractivity contribution in [1.82, 2.24) is 15.1 Å². The minimum atomic E-state index is -2.04. The average molecular weight is 2240 g/mol. The second kappa shape index (κ2) is 66.2. The van der Waals surface area contributed by atoms with Gasteiger partial charge in [0, 0.05) is 62.8 Å². The van der Waals surface area contributed by atoms with Crippen LogP contribution in [0.1, 0.15) is 346 Å². The number of ketones is 1. The molecule has 34 heteroatoms. The zero-order valence-electron chi connectivity index (χ0n) is 91.1. The molecule has 804 valence electrons. The van der Waals surface area contributed by atoms with E-state index in [2.05, 4.69) is 135 Å². The van der Waals surface area contributed by atoms with Gasteiger partial charge in [-0.2, -0.15) is 0 Å². The summed E-state index contributed by atoms with van der Waals surface area (Å²) in [5, 5.41) is 41.4. The first-order valence-corrected chi connectivity index (χ1v) is 65.3. The minimum absolute atomic E-state index is 0.0449. The van der Waals surface area contributed by atoms with Crippen LogP contribution in [0.5, 0.6) is 0 Å². The number of benzene rings is 2. The number of carbonyl (C=O) groups is 12. The number of esters is 4. The monoisotopic (exact) mass is 2240 g/mol. The van der Waals surface area contributed by atoms with E-state index in [1.807, 2.05) is 52.8 Å². The molecule has 5 amide bonds. The summed E-state index contributed by atoms with van der Waals surface area (Å²) in [7, 11) is -5.13. The van der Waals surface area contributed by atoms with Crippen LogP contribution in [0.2, 0.25) is 54.4 Å². The summed E-state index contributed by atoms with van der Waals surface area (Å²) < 4.78 is 57.1. The molecular formula is C108H181HgN3O27Si3. The molecule has 1 unspecified atom stereocenters. The van der Waals surface area contributed by atoms with E-state index >= 15 is 0 Å². The van der Waals surface area contributed by atoms with Crippen molar-refractivity contribution in [2.75, 3.05) is 59.3 Å². The molecular weight excluding hydrogens is 2060 g/mol. The molecule has 0 spiro atoms. The molecule has 7 saturated carbocycles. The van der Waals surface area contributed by atoms with Gasteiger partial charge in [-0.3, -0.25) is 43.4 Å². The van der Waals surface area contributed by atoms with Gasteiger partial charge in [0.05, 0.1) is 98.0 Å². The number of carbonyl (C=O) groups excluding carboxylic acids is 12. The number of hydrogen-bond acceptors (Lipinski definition) is 27. The molecule has 5 N–H and O–H groups in total. The number of Topliss-reactive ketones (excluding diaryl/α,β-unsaturated/α-hetero) is 1. The van der Waals surface area contributed by atoms with Crippen LogP contribution in [-0.2, 0) is 106 Å². The van der Waals surface area contributed by atoms with Gasteiger partial charge in [-0.25, -0.2) is 14.4 Å². The van der Waals surface area contributed by atoms with Gasteiger partial charge in [-0.05, 0) is 287 Å². The molecule has 2 aromatic carbocycles. The third-order valence-corrected chi connectivity index (χ3v) is 45.6. The van der Waals surface area contributed by atoms with E-state index in [1.165, 1.54) is 55.6 Å². The Morgan fingerprint density at radius 2 is 0.838 bits per heavy atom. The van der Waals surface area contributed by atoms with Crippen molar-refractivity contribution in [3.8, 4) is 0 Å². The maximum absolute atomic E-state index is 12.5. The molecule has 7 fully saturated rings. The van der Waals surface area contributed by atoms with Gasteiger partial charge in [0.2, 0.25) is 0 Å². The van der Waals surface area contributed by atoms with E-state index in [0.29, 0.717) is 130 Å². The summed E-state index contributed by atoms with van der Waals surface area (Å²) in [4.78, 5) is 138. The zero-order chi connectivity index (χ0) is 108. The van der Waals surface area contributed by atoms with E-state index in [-0.39, 0.29) is 111 Å². The quantitative estimate of drug-likeness (QED) is 0.00664. The minimum Gasteiger partial charge on any atom is -0.466 e. The van der Waals surface area contributed by atoms with E-state index in [1.54, 1.807) is 63.2 Å². The zero-order valence-corrected chi connectivity index (χ0v) is 99.6. The van der Waals surface area contributed by atoms with E-state index < -0.39 is 68.1 Å². The molecule has 11 rings (SSSR count). The predicted molar refractivity (Wildman–Crippen MR) is 554 cm³/mol. The number of fused-ring (bicyclic) bond motifs is 2. The Morgan fingerprint density at radius 3 is 1.20 bits per heavy atom. The molecule has 7 aliphatic carbocycles. The van der Waals surface area contributed by atoms with Crippen molar-refractivity contribution in [1.29, 1.82) is 0 Å². The maximum Gasteiger partial charge on any atom is 0.407 e. The normalized spacial score (nSPS) is 22.6. The van der Waals surface area contributed by atoms with Crippen LogP contribution in [0.25, 0.3) is 0 Å². The molecule has 0 aromatic heterocycles. The van der Waals surface area contributed by atoms with Gasteiger partial charge in [-0.15, -0.1) is 0 Å². The smallest absolute Gasteiger partial charge is 0.407 e. The van der Waals surface area contributed by atoms with Gasteiger partial charge in [0.1, 0.15) is 17.3 Å². The fourth-order valence-electron chi connectivity index (χ4n) is 17.0. The number of ether oxygens (including phenoxy) is 6. The van der Waals surface area contributed by atoms with Gasteiger partial charge in [-0.1, -0.05) is 138 Å². The number of nitrogens with zero attached hydrogens (tertiary/aromatic N) is 2. The number of nitrogens with one attached hydrogen (secondary N) is 1. The van der Waals surface area contributed by atoms with Crippen LogP contribution < -0.4 is 5.32 Å². The van der Waals surface area contributed by atoms with Gasteiger partial charge in [0.15, 0.2) is 25.0 Å². The molecule has 2 aromatic rings. The Balaban J connectivity index is 0.000000549. The fraction of sp³-hybridized carbons (Fsp3) is 0.722. The number of aliphatic hydroxyl groups excluding tert-OH is 4. The fourth-order valence-corrected chi connectivity index (χ4v) is 22.8. The summed E-state index contributed by atoms with van der Waals surface area (Å²) in [6, 6.07) is 14.1. The topological polar surface area (TPSA) is 406 Å². The summed E-state index contributed by atoms with van der Waals surface area (Å²) in [6.45, 7) is 62.1. The van der Waals surface area contributed by atoms with Crippen molar-refractivity contribution in [2.45, 2.75) is 402 Å². The van der Waals surface area contributed by atoms with Crippen LogP contribution in [0, 0.1) is 41.4 Å². The SMILES string of the molecule is C=CC(=O)OCC.C=COCC.CC(=O)[O][Hg][O]C(C)=O.CC(C)(C)OC(=O)NCCC[C@@H]1CCC[C@@H]1O.CC(C)(C)[Si](C)(C)O[C@H]1CCC[C@H]1CCCN1C(=O)c2ccccc2C1=O.CC(C)(C)[Si](C)(C)O[C@H]1CCC[C@H]1CO.CCOC(=O)/C=C/[C@@H]1CCC[C@@H]1O[Si](C)(C)C(C)(C)C.CCOC(=O)C1CCCC1=O.CCOC(=O)[C@@H]1CCC[C@@H]1O.O=C1c2ccccc2C(=O)N1CCC[C@@H]1CCC[C@@H]1O. The number of hydrogen-bond donors (Lipinski definition) is 5. The molecule has 13 atom stereocenters. The Morgan fingerprint density at radius 1 is 0.458 bits per heavy atom. The van der Waals surface area contributed by atoms with Crippen LogP contribution in [0.4, 0.5) is 4.79 Å². The molecule has 142 heavy (non-hydrogen) atoms. The van der Waals surface area contributed by atoms with Gasteiger partial charge < -0.3 is 67.4 Å². The summed E-state index contributed by atoms with van der Waals surface area (Å²) >= 11 is -2.04. The van der Waals surface area contributed by atoms with Gasteiger partial charge >= 0.3 is 96.1 Å². The number of amides is 5. The van der Waals surface area contributed by atoms with E-state index in [0.717, 1.165) is 148 Å². The number of imide groups is 2. The molecule has 30 nitrogen and oxygen atoms in total. The first-order chi connectivity index (χ1) is 66.5. The Bertz CT molecular complexity index is 4140. The van der Waals surface area contributed by atoms with Crippen molar-refractivity contribution >= 4 is 96.3 Å². The van der Waals surface area contributed by atoms with E-state index in [9.17, 15) is 78.0 Å². The maximum atomic E-state index is 12.5. The third-order valence-electron chi connectivity index (χ3n) is 28.0. The molecule has 0 radical (unpaired) electrons. The molecule has 0 saturated heterocycles. The van der Waals surface area contributed by atoms with Crippen LogP contribution in [0.15, 0.2) is 86.2 Å². The predicted octanol–water partition coefficient (Wildman–Crippen LogP) is 21.0. The van der Waals surface area contributed by atoms with Crippen molar-refractivity contribution in [3.05, 3.63) is 108 Å². The number of rotatable bonds is 32. The summed E-state index contributed by atoms with van der Waals surface area (Å²) in [5.41, 5.74) is 1.67. The third kappa shape index (κ3) is 47.8. The molecule has 9 aliphatic rings. The molecule has 2 aliphatic heterocycles. The Hall–Kier alpha value is -7.19. The number of aliphatic hydroxyl groups is 4. The van der Waals surface area contributed by atoms with Crippen LogP contribution >= 0.6 is 0 Å². The van der Waals surface area contributed by atoms with Crippen molar-refractivity contribution in [3.63, 3.8) is 0 Å². The average Bonchev–Trinajstić information content (AvgIpc) is 1.66. The first kappa shape index (κ1) is 131. The van der Waals surface area contributed by atoms with Gasteiger partial charge in [0.25, 0.3) is 23.6 Å².